The van der Waals surface area contributed by atoms with Crippen LogP contribution in [0.5, 0.6) is 0 Å². The number of halogens is 1. The molecule has 1 saturated carbocycles. The number of hydrogen-bond donors (Lipinski definition) is 1. The lowest BCUT2D eigenvalue weighted by molar-refractivity contribution is 0.203. The molecule has 0 radical (unpaired) electrons. The molecule has 1 unspecified atom stereocenters. The van der Waals surface area contributed by atoms with Gasteiger partial charge < -0.3 is 5.11 Å². The monoisotopic (exact) mass is 268 g/mol. The molecule has 0 bridgehead atoms. The van der Waals surface area contributed by atoms with Crippen molar-refractivity contribution in [2.75, 3.05) is 5.75 Å². The molecule has 1 N–H and O–H groups in total. The van der Waals surface area contributed by atoms with Gasteiger partial charge in [-0.1, -0.05) is 25.3 Å². The predicted molar refractivity (Wildman–Crippen MR) is 75.4 cm³/mol. The van der Waals surface area contributed by atoms with Gasteiger partial charge >= 0.3 is 0 Å². The first-order valence-electron chi connectivity index (χ1n) is 6.72. The van der Waals surface area contributed by atoms with E-state index in [1.165, 1.54) is 44.2 Å². The molecule has 3 heteroatoms. The molecule has 2 rings (SSSR count). The van der Waals surface area contributed by atoms with Crippen LogP contribution in [0.25, 0.3) is 0 Å². The number of thioether (sulfide) groups is 1. The van der Waals surface area contributed by atoms with Crippen molar-refractivity contribution in [2.24, 2.45) is 0 Å². The fourth-order valence-corrected chi connectivity index (χ4v) is 3.83. The quantitative estimate of drug-likeness (QED) is 0.881. The first-order chi connectivity index (χ1) is 8.65. The van der Waals surface area contributed by atoms with Gasteiger partial charge in [0.25, 0.3) is 0 Å². The van der Waals surface area contributed by atoms with Gasteiger partial charge in [-0.2, -0.15) is 11.8 Å². The Balaban J connectivity index is 1.88. The summed E-state index contributed by atoms with van der Waals surface area (Å²) in [6, 6.07) is 4.80. The summed E-state index contributed by atoms with van der Waals surface area (Å²) >= 11 is 1.84. The Labute approximate surface area is 113 Å². The largest absolute Gasteiger partial charge is 0.388 e. The fraction of sp³-hybridized carbons (Fsp3) is 0.600. The first kappa shape index (κ1) is 13.9. The van der Waals surface area contributed by atoms with Crippen molar-refractivity contribution in [3.8, 4) is 0 Å². The maximum atomic E-state index is 13.3. The van der Waals surface area contributed by atoms with E-state index in [-0.39, 0.29) is 5.82 Å². The van der Waals surface area contributed by atoms with Crippen LogP contribution in [0.4, 0.5) is 4.39 Å². The van der Waals surface area contributed by atoms with Crippen LogP contribution in [-0.4, -0.2) is 16.1 Å². The Morgan fingerprint density at radius 2 is 2.00 bits per heavy atom. The minimum absolute atomic E-state index is 0.258. The highest BCUT2D eigenvalue weighted by molar-refractivity contribution is 7.99. The van der Waals surface area contributed by atoms with Crippen LogP contribution in [0, 0.1) is 12.7 Å². The molecule has 1 aliphatic carbocycles. The molecule has 18 heavy (non-hydrogen) atoms. The molecule has 0 spiro atoms. The molecule has 1 nitrogen and oxygen atoms in total. The second-order valence-corrected chi connectivity index (χ2v) is 6.50. The molecule has 1 fully saturated rings. The molecule has 0 saturated heterocycles. The number of benzene rings is 1. The normalized spacial score (nSPS) is 18.8. The maximum Gasteiger partial charge on any atom is 0.123 e. The fourth-order valence-electron chi connectivity index (χ4n) is 2.51. The lowest BCUT2D eigenvalue weighted by Crippen LogP contribution is -2.11. The number of aryl methyl sites for hydroxylation is 1. The van der Waals surface area contributed by atoms with Gasteiger partial charge in [-0.15, -0.1) is 0 Å². The summed E-state index contributed by atoms with van der Waals surface area (Å²) < 4.78 is 13.3. The number of aliphatic hydroxyl groups is 1. The second kappa shape index (κ2) is 6.58. The highest BCUT2D eigenvalue weighted by atomic mass is 32.2. The van der Waals surface area contributed by atoms with Gasteiger partial charge in [0.05, 0.1) is 6.10 Å². The average Bonchev–Trinajstić information content (AvgIpc) is 2.36. The second-order valence-electron chi connectivity index (χ2n) is 5.17. The van der Waals surface area contributed by atoms with Crippen LogP contribution in [0.3, 0.4) is 0 Å². The molecule has 0 aliphatic heterocycles. The topological polar surface area (TPSA) is 20.2 Å². The van der Waals surface area contributed by atoms with Gasteiger partial charge in [0.2, 0.25) is 0 Å². The molecule has 1 aromatic rings. The lowest BCUT2D eigenvalue weighted by Gasteiger charge is -2.22. The van der Waals surface area contributed by atoms with Gasteiger partial charge in [0.1, 0.15) is 5.82 Å². The third-order valence-corrected chi connectivity index (χ3v) is 4.94. The molecule has 1 aliphatic rings. The number of aliphatic hydroxyl groups excluding tert-OH is 1. The Bertz CT molecular complexity index is 368. The Kier molecular flexibility index (Phi) is 5.07. The van der Waals surface area contributed by atoms with Crippen molar-refractivity contribution in [3.63, 3.8) is 0 Å². The minimum Gasteiger partial charge on any atom is -0.388 e. The minimum atomic E-state index is -0.550. The highest BCUT2D eigenvalue weighted by Crippen LogP contribution is 2.31. The van der Waals surface area contributed by atoms with E-state index in [4.69, 9.17) is 0 Å². The van der Waals surface area contributed by atoms with E-state index in [1.807, 2.05) is 24.8 Å². The first-order valence-corrected chi connectivity index (χ1v) is 7.77. The third kappa shape index (κ3) is 3.99. The summed E-state index contributed by atoms with van der Waals surface area (Å²) in [5.74, 6) is 0.416. The number of rotatable bonds is 4. The molecular formula is C15H21FOS. The van der Waals surface area contributed by atoms with Gasteiger partial charge in [-0.3, -0.25) is 0 Å². The lowest BCUT2D eigenvalue weighted by atomic mass is 10.0. The van der Waals surface area contributed by atoms with Gasteiger partial charge in [0.15, 0.2) is 0 Å². The van der Waals surface area contributed by atoms with Crippen molar-refractivity contribution in [2.45, 2.75) is 50.4 Å². The third-order valence-electron chi connectivity index (χ3n) is 3.49. The van der Waals surface area contributed by atoms with Crippen LogP contribution in [0.15, 0.2) is 18.2 Å². The van der Waals surface area contributed by atoms with Crippen molar-refractivity contribution in [3.05, 3.63) is 35.1 Å². The van der Waals surface area contributed by atoms with E-state index in [9.17, 15) is 9.50 Å². The predicted octanol–water partition coefficient (Wildman–Crippen LogP) is 4.23. The summed E-state index contributed by atoms with van der Waals surface area (Å²) in [7, 11) is 0. The van der Waals surface area contributed by atoms with Crippen molar-refractivity contribution in [1.29, 1.82) is 0 Å². The molecule has 1 aromatic carbocycles. The summed E-state index contributed by atoms with van der Waals surface area (Å²) in [4.78, 5) is 0. The van der Waals surface area contributed by atoms with E-state index in [1.54, 1.807) is 0 Å². The summed E-state index contributed by atoms with van der Waals surface area (Å²) in [5, 5.41) is 10.8. The SMILES string of the molecule is Cc1cc(F)cc(C(O)CSC2CCCCC2)c1. The molecule has 0 heterocycles. The van der Waals surface area contributed by atoms with Crippen molar-refractivity contribution in [1.82, 2.24) is 0 Å². The molecule has 0 amide bonds. The molecule has 0 aromatic heterocycles. The van der Waals surface area contributed by atoms with Crippen LogP contribution in [-0.2, 0) is 0 Å². The summed E-state index contributed by atoms with van der Waals surface area (Å²) in [5.41, 5.74) is 1.57. The molecule has 1 atom stereocenters. The Hall–Kier alpha value is -0.540. The van der Waals surface area contributed by atoms with Gasteiger partial charge in [-0.05, 0) is 43.0 Å². The Morgan fingerprint density at radius 3 is 2.67 bits per heavy atom. The van der Waals surface area contributed by atoms with E-state index in [0.717, 1.165) is 5.56 Å². The zero-order valence-corrected chi connectivity index (χ0v) is 11.7. The van der Waals surface area contributed by atoms with E-state index >= 15 is 0 Å². The summed E-state index contributed by atoms with van der Waals surface area (Å²) in [6.07, 6.45) is 5.95. The number of hydrogen-bond acceptors (Lipinski definition) is 2. The van der Waals surface area contributed by atoms with Crippen LogP contribution in [0.1, 0.15) is 49.3 Å². The summed E-state index contributed by atoms with van der Waals surface area (Å²) in [6.45, 7) is 1.85. The smallest absolute Gasteiger partial charge is 0.123 e. The van der Waals surface area contributed by atoms with Crippen LogP contribution in [0.2, 0.25) is 0 Å². The Morgan fingerprint density at radius 1 is 1.28 bits per heavy atom. The molecular weight excluding hydrogens is 247 g/mol. The van der Waals surface area contributed by atoms with E-state index in [0.29, 0.717) is 16.6 Å². The van der Waals surface area contributed by atoms with Crippen LogP contribution >= 0.6 is 11.8 Å². The standard InChI is InChI=1S/C15H21FOS/c1-11-7-12(9-13(16)8-11)15(17)10-18-14-5-3-2-4-6-14/h7-9,14-15,17H,2-6,10H2,1H3. The van der Waals surface area contributed by atoms with Crippen molar-refractivity contribution < 1.29 is 9.50 Å². The van der Waals surface area contributed by atoms with E-state index in [2.05, 4.69) is 0 Å². The molecule has 100 valence electrons. The van der Waals surface area contributed by atoms with Gasteiger partial charge in [0, 0.05) is 11.0 Å². The highest BCUT2D eigenvalue weighted by Gasteiger charge is 2.16. The van der Waals surface area contributed by atoms with Crippen LogP contribution < -0.4 is 0 Å². The average molecular weight is 268 g/mol. The van der Waals surface area contributed by atoms with E-state index < -0.39 is 6.10 Å². The van der Waals surface area contributed by atoms with Crippen molar-refractivity contribution >= 4 is 11.8 Å². The van der Waals surface area contributed by atoms with Gasteiger partial charge in [-0.25, -0.2) is 4.39 Å². The zero-order chi connectivity index (χ0) is 13.0. The maximum absolute atomic E-state index is 13.3. The zero-order valence-electron chi connectivity index (χ0n) is 10.9.